The zero-order valence-electron chi connectivity index (χ0n) is 19.1. The van der Waals surface area contributed by atoms with E-state index in [-0.39, 0.29) is 25.0 Å². The number of rotatable bonds is 8. The van der Waals surface area contributed by atoms with Crippen LogP contribution in [-0.4, -0.2) is 40.5 Å². The summed E-state index contributed by atoms with van der Waals surface area (Å²) in [7, 11) is 0. The van der Waals surface area contributed by atoms with Crippen molar-refractivity contribution in [3.63, 3.8) is 0 Å². The molecule has 3 rings (SSSR count). The van der Waals surface area contributed by atoms with Crippen molar-refractivity contribution < 1.29 is 41.4 Å². The van der Waals surface area contributed by atoms with Crippen LogP contribution < -0.4 is 5.32 Å². The fourth-order valence-corrected chi connectivity index (χ4v) is 3.25. The lowest BCUT2D eigenvalue weighted by Crippen LogP contribution is -2.29. The second-order valence-corrected chi connectivity index (χ2v) is 7.92. The van der Waals surface area contributed by atoms with Crippen molar-refractivity contribution in [2.24, 2.45) is 5.92 Å². The summed E-state index contributed by atoms with van der Waals surface area (Å²) in [6, 6.07) is 14.0. The second-order valence-electron chi connectivity index (χ2n) is 7.92. The van der Waals surface area contributed by atoms with Gasteiger partial charge in [0.1, 0.15) is 0 Å². The topological polar surface area (TPSA) is 82.5 Å². The molecule has 0 bridgehead atoms. The van der Waals surface area contributed by atoms with Gasteiger partial charge in [0.2, 0.25) is 0 Å². The van der Waals surface area contributed by atoms with Crippen molar-refractivity contribution in [3.8, 4) is 11.1 Å². The summed E-state index contributed by atoms with van der Waals surface area (Å²) in [5.74, 6) is -6.93. The summed E-state index contributed by atoms with van der Waals surface area (Å²) in [4.78, 5) is 12.9. The normalized spacial score (nSPS) is 12.9. The summed E-state index contributed by atoms with van der Waals surface area (Å²) in [6.07, 6.45) is -1.35. The van der Waals surface area contributed by atoms with Crippen LogP contribution in [0.5, 0.6) is 0 Å². The molecule has 0 aliphatic rings. The summed E-state index contributed by atoms with van der Waals surface area (Å²) in [6.45, 7) is 2.30. The van der Waals surface area contributed by atoms with Gasteiger partial charge in [0, 0.05) is 31.6 Å². The van der Waals surface area contributed by atoms with Crippen molar-refractivity contribution in [1.29, 1.82) is 0 Å². The molecular formula is C25H24F6N2O3. The zero-order valence-corrected chi connectivity index (χ0v) is 19.1. The van der Waals surface area contributed by atoms with Crippen molar-refractivity contribution in [1.82, 2.24) is 10.3 Å². The Kier molecular flexibility index (Phi) is 10.4. The average Bonchev–Trinajstić information content (AvgIpc) is 2.85. The number of hydrogen-bond donors (Lipinski definition) is 3. The van der Waals surface area contributed by atoms with Gasteiger partial charge in [0.15, 0.2) is 17.5 Å². The highest BCUT2D eigenvalue weighted by Gasteiger charge is 2.38. The van der Waals surface area contributed by atoms with Gasteiger partial charge < -0.3 is 15.5 Å². The van der Waals surface area contributed by atoms with Crippen LogP contribution in [0.2, 0.25) is 0 Å². The van der Waals surface area contributed by atoms with Crippen LogP contribution in [0.15, 0.2) is 60.9 Å². The Labute approximate surface area is 203 Å². The largest absolute Gasteiger partial charge is 0.490 e. The second kappa shape index (κ2) is 13.0. The zero-order chi connectivity index (χ0) is 26.9. The lowest BCUT2D eigenvalue weighted by molar-refractivity contribution is -0.192. The van der Waals surface area contributed by atoms with E-state index in [2.05, 4.69) is 16.4 Å². The van der Waals surface area contributed by atoms with Crippen molar-refractivity contribution >= 4 is 5.97 Å². The Morgan fingerprint density at radius 1 is 1.00 bits per heavy atom. The maximum Gasteiger partial charge on any atom is 0.490 e. The average molecular weight is 514 g/mol. The third kappa shape index (κ3) is 8.65. The molecule has 36 heavy (non-hydrogen) atoms. The number of aliphatic hydroxyl groups excluding tert-OH is 1. The SMILES string of the molecule is CC(NCC(CO)Cc1cc(F)c(F)c(F)c1)c1cccc(-c2ccncc2)c1.O=C(O)C(F)(F)F. The molecule has 0 spiro atoms. The Morgan fingerprint density at radius 3 is 2.11 bits per heavy atom. The minimum absolute atomic E-state index is 0.00697. The maximum atomic E-state index is 13.4. The fourth-order valence-electron chi connectivity index (χ4n) is 3.25. The third-order valence-corrected chi connectivity index (χ3v) is 5.18. The first-order valence-electron chi connectivity index (χ1n) is 10.7. The predicted molar refractivity (Wildman–Crippen MR) is 120 cm³/mol. The Bertz CT molecular complexity index is 1120. The molecule has 0 saturated heterocycles. The molecule has 0 radical (unpaired) electrons. The number of aromatic nitrogens is 1. The molecule has 194 valence electrons. The molecule has 1 aromatic heterocycles. The summed E-state index contributed by atoms with van der Waals surface area (Å²) >= 11 is 0. The molecule has 2 unspecified atom stereocenters. The minimum Gasteiger partial charge on any atom is -0.475 e. The van der Waals surface area contributed by atoms with Gasteiger partial charge in [-0.3, -0.25) is 4.98 Å². The van der Waals surface area contributed by atoms with Crippen LogP contribution in [-0.2, 0) is 11.2 Å². The maximum absolute atomic E-state index is 13.4. The third-order valence-electron chi connectivity index (χ3n) is 5.18. The molecule has 0 amide bonds. The molecule has 3 N–H and O–H groups in total. The fraction of sp³-hybridized carbons (Fsp3) is 0.280. The Balaban J connectivity index is 0.000000572. The van der Waals surface area contributed by atoms with E-state index in [0.717, 1.165) is 28.8 Å². The van der Waals surface area contributed by atoms with E-state index in [1.165, 1.54) is 0 Å². The highest BCUT2D eigenvalue weighted by atomic mass is 19.4. The lowest BCUT2D eigenvalue weighted by Gasteiger charge is -2.20. The minimum atomic E-state index is -5.08. The molecule has 0 aliphatic heterocycles. The first-order chi connectivity index (χ1) is 16.9. The molecule has 0 fully saturated rings. The van der Waals surface area contributed by atoms with Gasteiger partial charge in [0.05, 0.1) is 0 Å². The van der Waals surface area contributed by atoms with Crippen LogP contribution >= 0.6 is 0 Å². The number of nitrogens with one attached hydrogen (secondary N) is 1. The number of nitrogens with zero attached hydrogens (tertiary/aromatic N) is 1. The number of carbonyl (C=O) groups is 1. The smallest absolute Gasteiger partial charge is 0.475 e. The van der Waals surface area contributed by atoms with E-state index in [1.54, 1.807) is 12.4 Å². The molecule has 1 heterocycles. The molecule has 2 atom stereocenters. The van der Waals surface area contributed by atoms with Gasteiger partial charge in [-0.1, -0.05) is 18.2 Å². The predicted octanol–water partition coefficient (Wildman–Crippen LogP) is 5.30. The number of benzene rings is 2. The monoisotopic (exact) mass is 514 g/mol. The van der Waals surface area contributed by atoms with Crippen LogP contribution in [0.3, 0.4) is 0 Å². The molecular weight excluding hydrogens is 490 g/mol. The lowest BCUT2D eigenvalue weighted by atomic mass is 9.98. The Hall–Kier alpha value is -3.44. The molecule has 2 aromatic carbocycles. The number of halogens is 6. The molecule has 0 aliphatic carbocycles. The molecule has 11 heteroatoms. The first kappa shape index (κ1) is 28.8. The number of aliphatic carboxylic acids is 1. The number of pyridine rings is 1. The summed E-state index contributed by atoms with van der Waals surface area (Å²) in [5, 5.41) is 20.1. The van der Waals surface area contributed by atoms with Gasteiger partial charge in [-0.25, -0.2) is 18.0 Å². The van der Waals surface area contributed by atoms with Gasteiger partial charge in [-0.15, -0.1) is 0 Å². The highest BCUT2D eigenvalue weighted by Crippen LogP contribution is 2.23. The summed E-state index contributed by atoms with van der Waals surface area (Å²) in [5.41, 5.74) is 3.54. The van der Waals surface area contributed by atoms with Crippen molar-refractivity contribution in [2.45, 2.75) is 25.6 Å². The van der Waals surface area contributed by atoms with Crippen LogP contribution in [0.1, 0.15) is 24.1 Å². The molecule has 0 saturated carbocycles. The van der Waals surface area contributed by atoms with Gasteiger partial charge >= 0.3 is 12.1 Å². The van der Waals surface area contributed by atoms with Crippen LogP contribution in [0.4, 0.5) is 26.3 Å². The van der Waals surface area contributed by atoms with E-state index in [1.807, 2.05) is 37.3 Å². The van der Waals surface area contributed by atoms with Crippen molar-refractivity contribution in [3.05, 3.63) is 89.5 Å². The van der Waals surface area contributed by atoms with Gasteiger partial charge in [-0.05, 0) is 71.8 Å². The van der Waals surface area contributed by atoms with Crippen molar-refractivity contribution in [2.75, 3.05) is 13.2 Å². The Morgan fingerprint density at radius 2 is 1.58 bits per heavy atom. The number of alkyl halides is 3. The van der Waals surface area contributed by atoms with Gasteiger partial charge in [-0.2, -0.15) is 13.2 Å². The van der Waals surface area contributed by atoms with E-state index in [9.17, 15) is 31.4 Å². The highest BCUT2D eigenvalue weighted by molar-refractivity contribution is 5.73. The molecule has 3 aromatic rings. The van der Waals surface area contributed by atoms with Crippen LogP contribution in [0.25, 0.3) is 11.1 Å². The first-order valence-corrected chi connectivity index (χ1v) is 10.7. The number of carboxylic acid groups (broad SMARTS) is 1. The molecule has 5 nitrogen and oxygen atoms in total. The van der Waals surface area contributed by atoms with E-state index in [4.69, 9.17) is 9.90 Å². The van der Waals surface area contributed by atoms with Gasteiger partial charge in [0.25, 0.3) is 0 Å². The van der Waals surface area contributed by atoms with Crippen LogP contribution in [0, 0.1) is 23.4 Å². The number of carboxylic acids is 1. The van der Waals surface area contributed by atoms with E-state index < -0.39 is 29.6 Å². The van der Waals surface area contributed by atoms with E-state index in [0.29, 0.717) is 12.1 Å². The van der Waals surface area contributed by atoms with E-state index >= 15 is 0 Å². The number of hydrogen-bond acceptors (Lipinski definition) is 4. The summed E-state index contributed by atoms with van der Waals surface area (Å²) < 4.78 is 71.7. The quantitative estimate of drug-likeness (QED) is 0.281. The standard InChI is InChI=1S/C23H23F3N2O.C2HF3O2/c1-15(19-3-2-4-20(12-19)18-5-7-27-8-6-18)28-13-17(14-29)9-16-10-21(24)23(26)22(25)11-16;3-2(4,5)1(6)7/h2-8,10-12,15,17,28-29H,9,13-14H2,1H3;(H,6,7). The number of aliphatic hydroxyl groups is 1.